The van der Waals surface area contributed by atoms with Crippen molar-refractivity contribution >= 4 is 0 Å². The average Bonchev–Trinajstić information content (AvgIpc) is 0.874. The molecular formula is C110H223N15O3. The minimum absolute atomic E-state index is 0.529. The van der Waals surface area contributed by atoms with E-state index in [0.717, 1.165) is 98.9 Å². The second-order valence-corrected chi connectivity index (χ2v) is 34.1. The van der Waals surface area contributed by atoms with Crippen molar-refractivity contribution in [2.45, 2.75) is 416 Å². The lowest BCUT2D eigenvalue weighted by Gasteiger charge is -2.49. The van der Waals surface area contributed by atoms with E-state index in [1.54, 1.807) is 29.8 Å². The van der Waals surface area contributed by atoms with E-state index in [2.05, 4.69) is 244 Å². The molecule has 6 aliphatic heterocycles. The van der Waals surface area contributed by atoms with Gasteiger partial charge in [-0.05, 0) is 215 Å². The van der Waals surface area contributed by atoms with Crippen LogP contribution in [0.5, 0.6) is 0 Å². The molecule has 1 saturated carbocycles. The van der Waals surface area contributed by atoms with Gasteiger partial charge >= 0.3 is 0 Å². The van der Waals surface area contributed by atoms with E-state index in [1.807, 2.05) is 261 Å². The second kappa shape index (κ2) is 91.9. The van der Waals surface area contributed by atoms with E-state index in [0.29, 0.717) is 47.0 Å². The van der Waals surface area contributed by atoms with Crippen LogP contribution in [0.4, 0.5) is 0 Å². The maximum atomic E-state index is 5.29. The van der Waals surface area contributed by atoms with Crippen LogP contribution in [-0.2, 0) is 37.7 Å². The summed E-state index contributed by atoms with van der Waals surface area (Å²) in [6.45, 7) is 109. The number of piperidine rings is 2. The van der Waals surface area contributed by atoms with Gasteiger partial charge in [0.25, 0.3) is 0 Å². The molecule has 12 heterocycles. The number of ether oxygens (including phenoxy) is 2. The first-order chi connectivity index (χ1) is 61.1. The molecule has 18 nitrogen and oxygen atoms in total. The molecule has 0 unspecified atom stereocenters. The highest BCUT2D eigenvalue weighted by atomic mass is 16.5. The number of hydrogen-bond donors (Lipinski definition) is 0. The summed E-state index contributed by atoms with van der Waals surface area (Å²) in [6.07, 6.45) is 36.2. The molecule has 6 aromatic heterocycles. The third-order valence-electron chi connectivity index (χ3n) is 21.5. The molecule has 6 aromatic rings. The van der Waals surface area contributed by atoms with Gasteiger partial charge in [0, 0.05) is 139 Å². The number of likely N-dealkylation sites (N-methyl/N-ethyl adjacent to an activating group) is 2. The summed E-state index contributed by atoms with van der Waals surface area (Å²) in [5.74, 6) is 4.91. The molecule has 13 rings (SSSR count). The molecule has 0 amide bonds. The van der Waals surface area contributed by atoms with E-state index in [9.17, 15) is 0 Å². The molecule has 4 saturated heterocycles. The van der Waals surface area contributed by atoms with Gasteiger partial charge in [-0.2, -0.15) is 15.3 Å². The fourth-order valence-electron chi connectivity index (χ4n) is 13.0. The summed E-state index contributed by atoms with van der Waals surface area (Å²) < 4.78 is 22.7. The monoisotopic (exact) mass is 1800 g/mol. The van der Waals surface area contributed by atoms with Gasteiger partial charge in [0.1, 0.15) is 6.26 Å². The molecule has 0 radical (unpaired) electrons. The highest BCUT2D eigenvalue weighted by Gasteiger charge is 2.42. The zero-order chi connectivity index (χ0) is 101. The Balaban J connectivity index is -0.000000170. The molecular weight excluding hydrogens is 1580 g/mol. The Hall–Kier alpha value is -5.60. The zero-order valence-electron chi connectivity index (χ0n) is 94.8. The molecule has 1 aliphatic carbocycles. The molecule has 7 aliphatic rings. The van der Waals surface area contributed by atoms with Crippen LogP contribution in [0, 0.1) is 22.7 Å². The molecule has 128 heavy (non-hydrogen) atoms. The Bertz CT molecular complexity index is 3010. The predicted octanol–water partition coefficient (Wildman–Crippen LogP) is 30.2. The molecule has 0 atom stereocenters. The number of morpholine rings is 1. The van der Waals surface area contributed by atoms with Crippen LogP contribution in [0.2, 0.25) is 0 Å². The lowest BCUT2D eigenvalue weighted by Crippen LogP contribution is -2.52. The van der Waals surface area contributed by atoms with E-state index in [-0.39, 0.29) is 0 Å². The molecule has 5 fully saturated rings. The summed E-state index contributed by atoms with van der Waals surface area (Å²) in [7, 11) is 12.2. The first kappa shape index (κ1) is 140. The van der Waals surface area contributed by atoms with Crippen molar-refractivity contribution in [1.29, 1.82) is 0 Å². The van der Waals surface area contributed by atoms with Gasteiger partial charge < -0.3 is 38.2 Å². The number of aromatic nitrogens is 10. The third kappa shape index (κ3) is 68.4. The van der Waals surface area contributed by atoms with Crippen molar-refractivity contribution < 1.29 is 14.0 Å². The fourth-order valence-corrected chi connectivity index (χ4v) is 13.0. The lowest BCUT2D eigenvalue weighted by atomic mass is 9.63. The first-order valence-electron chi connectivity index (χ1n) is 51.9. The number of rotatable bonds is 11. The zero-order valence-corrected chi connectivity index (χ0v) is 94.8. The summed E-state index contributed by atoms with van der Waals surface area (Å²) >= 11 is 0. The van der Waals surface area contributed by atoms with E-state index >= 15 is 0 Å². The molecule has 0 aromatic carbocycles. The summed E-state index contributed by atoms with van der Waals surface area (Å²) in [5.41, 5.74) is 12.1. The van der Waals surface area contributed by atoms with E-state index in [1.165, 1.54) is 114 Å². The van der Waals surface area contributed by atoms with Gasteiger partial charge in [0.05, 0.1) is 56.5 Å². The van der Waals surface area contributed by atoms with Crippen LogP contribution in [-0.4, -0.2) is 198 Å². The van der Waals surface area contributed by atoms with Crippen molar-refractivity contribution in [2.75, 3.05) is 106 Å². The van der Waals surface area contributed by atoms with E-state index in [4.69, 9.17) is 9.47 Å². The van der Waals surface area contributed by atoms with Gasteiger partial charge in [-0.25, -0.2) is 4.98 Å². The molecule has 18 heteroatoms. The van der Waals surface area contributed by atoms with Gasteiger partial charge in [-0.3, -0.25) is 23.9 Å². The van der Waals surface area contributed by atoms with Gasteiger partial charge in [-0.15, -0.1) is 0 Å². The normalized spacial score (nSPS) is 15.3. The topological polar surface area (TPSA) is 145 Å². The SMILES string of the molecule is CC.CC.CC.CC.CC.CC.CC.CC.CC.CC.CC.CC(C)C1=CCN(C)CC1.CC(C)C1=CCN(C)CC1.CC(C)N1CCC2(CC1)COC2.CC(C)N1CCC2(CCC2)CC1.CC(C)N1CCOCC1.CC(C)c1cccnc1.CC(C)c1ccn(C)n1.CC(C)c1ccn(C)n1.CC(C)c1cncn1C.CC(C)c1cnn(C)c1.CC(C)c1cnoc1. The van der Waals surface area contributed by atoms with Crippen molar-refractivity contribution in [3.8, 4) is 0 Å². The fraction of sp³-hybridized carbons (Fsp3) is 0.782. The van der Waals surface area contributed by atoms with Crippen molar-refractivity contribution in [2.24, 2.45) is 50.9 Å². The minimum Gasteiger partial charge on any atom is -0.380 e. The van der Waals surface area contributed by atoms with Crippen LogP contribution in [0.1, 0.15) is 432 Å². The first-order valence-corrected chi connectivity index (χ1v) is 51.9. The van der Waals surface area contributed by atoms with Gasteiger partial charge in [0.2, 0.25) is 0 Å². The minimum atomic E-state index is 0.529. The predicted molar refractivity (Wildman–Crippen MR) is 572 cm³/mol. The van der Waals surface area contributed by atoms with Crippen LogP contribution in [0.3, 0.4) is 0 Å². The largest absolute Gasteiger partial charge is 0.380 e. The van der Waals surface area contributed by atoms with Gasteiger partial charge in [0.15, 0.2) is 0 Å². The molecule has 0 N–H and O–H groups in total. The number of aryl methyl sites for hydroxylation is 4. The Morgan fingerprint density at radius 2 is 0.734 bits per heavy atom. The third-order valence-corrected chi connectivity index (χ3v) is 21.5. The maximum Gasteiger partial charge on any atom is 0.127 e. The number of likely N-dealkylation sites (tertiary alicyclic amines) is 2. The van der Waals surface area contributed by atoms with Crippen molar-refractivity contribution in [3.05, 3.63) is 144 Å². The Morgan fingerprint density at radius 1 is 0.352 bits per heavy atom. The smallest absolute Gasteiger partial charge is 0.127 e. The Kier molecular flexibility index (Phi) is 101. The van der Waals surface area contributed by atoms with E-state index < -0.39 is 0 Å². The number of pyridine rings is 1. The molecule has 0 bridgehead atoms. The quantitative estimate of drug-likeness (QED) is 0.113. The second-order valence-electron chi connectivity index (χ2n) is 34.1. The average molecular weight is 1800 g/mol. The summed E-state index contributed by atoms with van der Waals surface area (Å²) in [6, 6.07) is 10.3. The molecule has 756 valence electrons. The Labute approximate surface area is 799 Å². The van der Waals surface area contributed by atoms with Crippen LogP contribution < -0.4 is 0 Å². The van der Waals surface area contributed by atoms with Crippen LogP contribution in [0.15, 0.2) is 114 Å². The maximum absolute atomic E-state index is 5.29. The lowest BCUT2D eigenvalue weighted by molar-refractivity contribution is -0.141. The highest BCUT2D eigenvalue weighted by molar-refractivity contribution is 5.13. The number of nitrogens with zero attached hydrogens (tertiary/aromatic N) is 15. The standard InChI is InChI=1S/C11H21N.C10H19NO.2C9H17N.C8H11N.4C7H12N2.C7H15NO.C6H9NO.11C2H6/c1-10(2)12-8-6-11(7-9-12)4-3-5-11;1-9(2)11-5-3-10(4-6-11)7-12-8-10;2*1-8(2)9-4-6-10(3)7-5-9;1-7(2)8-4-3-5-9-6-8;1-6(2)7-4-8-5-9(7)3;1-6(2)7-4-8-9(3)5-7;2*1-6(2)7-4-5-9(3)8-7;1-7(2)8-3-5-9-6-4-8;1-5(2)6-3-7-8-4-6;11*1-2/h10H,3-9H2,1-2H3;9H,3-8H2,1-2H3;2*4,8H,5-7H2,1-3H3;3-7H,1-2H3;4*4-6H,1-3H3;7H,3-6H2,1-2H3;3-5H,1-2H3;11*1-2H3. The van der Waals surface area contributed by atoms with Gasteiger partial charge in [-0.1, -0.05) is 304 Å². The van der Waals surface area contributed by atoms with Crippen LogP contribution in [0.25, 0.3) is 0 Å². The Morgan fingerprint density at radius 3 is 0.922 bits per heavy atom. The number of hydrogen-bond acceptors (Lipinski definition) is 14. The molecule has 2 spiro atoms. The summed E-state index contributed by atoms with van der Waals surface area (Å²) in [5, 5.41) is 16.1. The number of imidazole rings is 1. The van der Waals surface area contributed by atoms with Crippen LogP contribution >= 0.6 is 0 Å². The van der Waals surface area contributed by atoms with Crippen molar-refractivity contribution in [1.82, 2.24) is 73.5 Å². The summed E-state index contributed by atoms with van der Waals surface area (Å²) in [4.78, 5) is 20.4. The highest BCUT2D eigenvalue weighted by Crippen LogP contribution is 2.49. The van der Waals surface area contributed by atoms with Crippen molar-refractivity contribution in [3.63, 3.8) is 0 Å².